The fraction of sp³-hybridized carbons (Fsp3) is 0.467. The molecular weight excluding hydrogens is 341 g/mol. The molecule has 2 rings (SSSR count). The minimum atomic E-state index is -0.218. The van der Waals surface area contributed by atoms with Crippen molar-refractivity contribution >= 4 is 14.9 Å². The van der Waals surface area contributed by atoms with Crippen molar-refractivity contribution in [3.05, 3.63) is 40.6 Å². The first-order chi connectivity index (χ1) is 7.77. The summed E-state index contributed by atoms with van der Waals surface area (Å²) in [5.41, 5.74) is 8.31. The predicted octanol–water partition coefficient (Wildman–Crippen LogP) is -2.33. The van der Waals surface area contributed by atoms with Crippen molar-refractivity contribution in [2.75, 3.05) is 0 Å². The van der Waals surface area contributed by atoms with Crippen LogP contribution in [-0.4, -0.2) is 14.3 Å². The average Bonchev–Trinajstić information content (AvgIpc) is 2.58. The second kappa shape index (κ2) is 11.1. The van der Waals surface area contributed by atoms with Crippen molar-refractivity contribution < 1.29 is 46.5 Å². The van der Waals surface area contributed by atoms with Crippen LogP contribution >= 0.6 is 0 Å². The number of rotatable bonds is 1. The molecule has 1 aromatic rings. The van der Waals surface area contributed by atoms with Gasteiger partial charge in [0.15, 0.2) is 0 Å². The van der Waals surface area contributed by atoms with Gasteiger partial charge < -0.3 is 30.5 Å². The average molecular weight is 365 g/mol. The Bertz CT molecular complexity index is 409. The van der Waals surface area contributed by atoms with E-state index in [0.29, 0.717) is 0 Å². The van der Waals surface area contributed by atoms with E-state index in [0.717, 1.165) is 0 Å². The van der Waals surface area contributed by atoms with Gasteiger partial charge in [-0.2, -0.15) is 0 Å². The van der Waals surface area contributed by atoms with E-state index in [1.54, 1.807) is 5.20 Å². The van der Waals surface area contributed by atoms with Crippen LogP contribution in [0.2, 0.25) is 13.1 Å². The third-order valence-corrected chi connectivity index (χ3v) is 4.01. The Morgan fingerprint density at radius 3 is 1.90 bits per heavy atom. The van der Waals surface area contributed by atoms with E-state index in [1.807, 2.05) is 20.8 Å². The molecule has 0 aromatic heterocycles. The first-order valence-electron chi connectivity index (χ1n) is 6.15. The molecule has 1 radical (unpaired) electrons. The number of hydrogen-bond acceptors (Lipinski definition) is 1. The van der Waals surface area contributed by atoms with E-state index in [4.69, 9.17) is 5.73 Å². The summed E-state index contributed by atoms with van der Waals surface area (Å²) in [4.78, 5) is 0. The Kier molecular flexibility index (Phi) is 14.0. The largest absolute Gasteiger partial charge is 2.00 e. The summed E-state index contributed by atoms with van der Waals surface area (Å²) in [5, 5.41) is 1.67. The molecule has 5 heteroatoms. The van der Waals surface area contributed by atoms with Crippen molar-refractivity contribution in [1.29, 1.82) is 0 Å². The Morgan fingerprint density at radius 1 is 1.05 bits per heavy atom. The molecule has 2 N–H and O–H groups in total. The molecule has 1 aromatic carbocycles. The van der Waals surface area contributed by atoms with Gasteiger partial charge in [-0.15, -0.1) is 0 Å². The Balaban J connectivity index is -0.000000322. The molecular formula is C15H24Cl2NSiTi. The van der Waals surface area contributed by atoms with Gasteiger partial charge in [0.25, 0.3) is 0 Å². The second-order valence-corrected chi connectivity index (χ2v) is 8.55. The topological polar surface area (TPSA) is 26.0 Å². The quantitative estimate of drug-likeness (QED) is 0.556. The van der Waals surface area contributed by atoms with Crippen molar-refractivity contribution in [3.8, 4) is 0 Å². The van der Waals surface area contributed by atoms with Crippen LogP contribution in [0.5, 0.6) is 0 Å². The third-order valence-electron chi connectivity index (χ3n) is 2.41. The SMILES string of the molecule is CC(C)(C)N.C[Si](C)C1=Cc2ccccc2C1.[Cl-].[Cl-].[Ti+2]. The fourth-order valence-corrected chi connectivity index (χ4v) is 2.59. The van der Waals surface area contributed by atoms with Gasteiger partial charge in [-0.3, -0.25) is 0 Å². The minimum absolute atomic E-state index is 0. The van der Waals surface area contributed by atoms with E-state index in [1.165, 1.54) is 17.5 Å². The number of allylic oxidation sites excluding steroid dienone is 1. The number of hydrogen-bond donors (Lipinski definition) is 1. The molecule has 20 heavy (non-hydrogen) atoms. The zero-order chi connectivity index (χ0) is 13.1. The molecule has 0 aliphatic heterocycles. The standard InChI is InChI=1S/C11H13Si.C4H11N.2ClH.Ti/c1-12(2)11-7-9-5-3-4-6-10(9)8-11;1-4(2,3)5;;;/h3-7H,8H2,1-2H3;5H2,1-3H3;2*1H;/q;;;;+2/p-2. The molecule has 111 valence electrons. The van der Waals surface area contributed by atoms with Crippen LogP contribution in [0.3, 0.4) is 0 Å². The van der Waals surface area contributed by atoms with Gasteiger partial charge in [-0.05, 0) is 38.3 Å². The van der Waals surface area contributed by atoms with Gasteiger partial charge in [0.1, 0.15) is 0 Å². The van der Waals surface area contributed by atoms with Gasteiger partial charge in [0.2, 0.25) is 0 Å². The number of fused-ring (bicyclic) bond motifs is 1. The summed E-state index contributed by atoms with van der Waals surface area (Å²) < 4.78 is 0. The maximum absolute atomic E-state index is 5.35. The smallest absolute Gasteiger partial charge is 1.00 e. The second-order valence-electron chi connectivity index (χ2n) is 5.91. The van der Waals surface area contributed by atoms with E-state index in [2.05, 4.69) is 43.4 Å². The molecule has 0 atom stereocenters. The summed E-state index contributed by atoms with van der Waals surface area (Å²) in [6, 6.07) is 8.71. The molecule has 0 unspecified atom stereocenters. The fourth-order valence-electron chi connectivity index (χ4n) is 1.60. The van der Waals surface area contributed by atoms with Gasteiger partial charge in [0, 0.05) is 5.54 Å². The molecule has 1 aliphatic rings. The summed E-state index contributed by atoms with van der Waals surface area (Å²) in [6.07, 6.45) is 3.58. The molecule has 0 fully saturated rings. The van der Waals surface area contributed by atoms with Crippen LogP contribution in [0, 0.1) is 0 Å². The first-order valence-corrected chi connectivity index (χ1v) is 8.65. The molecule has 0 bridgehead atoms. The van der Waals surface area contributed by atoms with Crippen molar-refractivity contribution in [1.82, 2.24) is 0 Å². The normalized spacial score (nSPS) is 11.8. The molecule has 1 aliphatic carbocycles. The van der Waals surface area contributed by atoms with Crippen LogP contribution in [0.1, 0.15) is 31.9 Å². The maximum Gasteiger partial charge on any atom is 2.00 e. The number of halogens is 2. The summed E-state index contributed by atoms with van der Waals surface area (Å²) in [6.45, 7) is 10.6. The van der Waals surface area contributed by atoms with Gasteiger partial charge in [-0.25, -0.2) is 0 Å². The van der Waals surface area contributed by atoms with Crippen LogP contribution in [0.4, 0.5) is 0 Å². The predicted molar refractivity (Wildman–Crippen MR) is 79.5 cm³/mol. The first kappa shape index (κ1) is 25.4. The Labute approximate surface area is 153 Å². The maximum atomic E-state index is 5.35. The van der Waals surface area contributed by atoms with Gasteiger partial charge in [-0.1, -0.05) is 48.6 Å². The Hall–Kier alpha value is 0.431. The summed E-state index contributed by atoms with van der Waals surface area (Å²) >= 11 is 0. The molecule has 1 nitrogen and oxygen atoms in total. The van der Waals surface area contributed by atoms with E-state index in [9.17, 15) is 0 Å². The third kappa shape index (κ3) is 10.2. The number of nitrogens with two attached hydrogens (primary N) is 1. The zero-order valence-electron chi connectivity index (χ0n) is 12.9. The minimum Gasteiger partial charge on any atom is -1.00 e. The van der Waals surface area contributed by atoms with Crippen LogP contribution < -0.4 is 30.5 Å². The van der Waals surface area contributed by atoms with Crippen LogP contribution in [0.25, 0.3) is 6.08 Å². The van der Waals surface area contributed by atoms with Gasteiger partial charge in [0.05, 0.1) is 8.80 Å². The van der Waals surface area contributed by atoms with Crippen molar-refractivity contribution in [2.24, 2.45) is 5.73 Å². The molecule has 0 saturated heterocycles. The number of benzene rings is 1. The Morgan fingerprint density at radius 2 is 1.50 bits per heavy atom. The summed E-state index contributed by atoms with van der Waals surface area (Å²) in [7, 11) is -0.218. The van der Waals surface area contributed by atoms with Crippen LogP contribution in [-0.2, 0) is 28.1 Å². The van der Waals surface area contributed by atoms with Crippen molar-refractivity contribution in [2.45, 2.75) is 45.8 Å². The molecule has 0 saturated carbocycles. The molecule has 0 heterocycles. The zero-order valence-corrected chi connectivity index (χ0v) is 17.0. The monoisotopic (exact) mass is 364 g/mol. The summed E-state index contributed by atoms with van der Waals surface area (Å²) in [5.74, 6) is 0. The van der Waals surface area contributed by atoms with Crippen LogP contribution in [0.15, 0.2) is 29.5 Å². The van der Waals surface area contributed by atoms with E-state index < -0.39 is 0 Å². The molecule has 0 spiro atoms. The van der Waals surface area contributed by atoms with Gasteiger partial charge >= 0.3 is 21.7 Å². The van der Waals surface area contributed by atoms with Crippen molar-refractivity contribution in [3.63, 3.8) is 0 Å². The molecule has 0 amide bonds. The van der Waals surface area contributed by atoms with E-state index >= 15 is 0 Å². The van der Waals surface area contributed by atoms with E-state index in [-0.39, 0.29) is 60.9 Å².